The highest BCUT2D eigenvalue weighted by atomic mass is 16.2. The van der Waals surface area contributed by atoms with Crippen LogP contribution in [-0.4, -0.2) is 11.6 Å². The minimum absolute atomic E-state index is 0.0480. The smallest absolute Gasteiger partial charge is 0.176 e. The van der Waals surface area contributed by atoms with Crippen LogP contribution in [0.5, 0.6) is 0 Å². The SMILES string of the molecule is CC1(C(=O)c2ccccc2)CCc2ccccc2C1=O. The molecule has 0 fully saturated rings. The molecule has 2 heteroatoms. The molecule has 2 nitrogen and oxygen atoms in total. The van der Waals surface area contributed by atoms with Crippen molar-refractivity contribution in [2.45, 2.75) is 19.8 Å². The first-order valence-corrected chi connectivity index (χ1v) is 6.85. The number of aryl methyl sites for hydroxylation is 1. The number of Topliss-reactive ketones (excluding diaryl/α,β-unsaturated/α-hetero) is 2. The molecular formula is C18H16O2. The van der Waals surface area contributed by atoms with Crippen LogP contribution in [0.15, 0.2) is 54.6 Å². The second kappa shape index (κ2) is 4.71. The highest BCUT2D eigenvalue weighted by Crippen LogP contribution is 2.37. The maximum atomic E-state index is 12.7. The van der Waals surface area contributed by atoms with E-state index in [0.29, 0.717) is 17.5 Å². The number of carbonyl (C=O) groups excluding carboxylic acids is 2. The second-order valence-electron chi connectivity index (χ2n) is 5.51. The molecule has 0 heterocycles. The summed E-state index contributed by atoms with van der Waals surface area (Å²) in [7, 11) is 0. The third-order valence-corrected chi connectivity index (χ3v) is 4.19. The summed E-state index contributed by atoms with van der Waals surface area (Å²) in [6.07, 6.45) is 1.35. The van der Waals surface area contributed by atoms with Gasteiger partial charge in [0.25, 0.3) is 0 Å². The fourth-order valence-corrected chi connectivity index (χ4v) is 2.88. The standard InChI is InChI=1S/C18H16O2/c1-18(16(19)14-8-3-2-4-9-14)12-11-13-7-5-6-10-15(13)17(18)20/h2-10H,11-12H2,1H3. The molecule has 0 saturated heterocycles. The number of carbonyl (C=O) groups is 2. The summed E-state index contributed by atoms with van der Waals surface area (Å²) in [5.41, 5.74) is 1.43. The summed E-state index contributed by atoms with van der Waals surface area (Å²) in [6, 6.07) is 16.7. The van der Waals surface area contributed by atoms with E-state index in [4.69, 9.17) is 0 Å². The van der Waals surface area contributed by atoms with E-state index in [-0.39, 0.29) is 11.6 Å². The highest BCUT2D eigenvalue weighted by molar-refractivity contribution is 6.20. The molecule has 0 N–H and O–H groups in total. The largest absolute Gasteiger partial charge is 0.293 e. The van der Waals surface area contributed by atoms with Crippen LogP contribution in [0.4, 0.5) is 0 Å². The van der Waals surface area contributed by atoms with Gasteiger partial charge in [-0.25, -0.2) is 0 Å². The van der Waals surface area contributed by atoms with Gasteiger partial charge in [-0.15, -0.1) is 0 Å². The van der Waals surface area contributed by atoms with Crippen LogP contribution < -0.4 is 0 Å². The number of hydrogen-bond donors (Lipinski definition) is 0. The number of rotatable bonds is 2. The maximum Gasteiger partial charge on any atom is 0.176 e. The van der Waals surface area contributed by atoms with Gasteiger partial charge < -0.3 is 0 Å². The molecule has 1 unspecified atom stereocenters. The molecule has 0 spiro atoms. The van der Waals surface area contributed by atoms with Crippen LogP contribution in [0.1, 0.15) is 39.6 Å². The van der Waals surface area contributed by atoms with Crippen molar-refractivity contribution >= 4 is 11.6 Å². The topological polar surface area (TPSA) is 34.1 Å². The van der Waals surface area contributed by atoms with Gasteiger partial charge in [-0.3, -0.25) is 9.59 Å². The minimum Gasteiger partial charge on any atom is -0.293 e. The van der Waals surface area contributed by atoms with Gasteiger partial charge in [0.15, 0.2) is 11.6 Å². The van der Waals surface area contributed by atoms with Crippen molar-refractivity contribution in [2.24, 2.45) is 5.41 Å². The van der Waals surface area contributed by atoms with Crippen molar-refractivity contribution < 1.29 is 9.59 Å². The first-order chi connectivity index (χ1) is 9.63. The van der Waals surface area contributed by atoms with Crippen molar-refractivity contribution in [1.82, 2.24) is 0 Å². The summed E-state index contributed by atoms with van der Waals surface area (Å²) in [5, 5.41) is 0. The highest BCUT2D eigenvalue weighted by Gasteiger charge is 2.44. The molecule has 3 rings (SSSR count). The Morgan fingerprint density at radius 3 is 2.40 bits per heavy atom. The van der Waals surface area contributed by atoms with Crippen LogP contribution >= 0.6 is 0 Å². The molecule has 20 heavy (non-hydrogen) atoms. The molecular weight excluding hydrogens is 248 g/mol. The molecule has 1 atom stereocenters. The van der Waals surface area contributed by atoms with E-state index in [2.05, 4.69) is 0 Å². The Hall–Kier alpha value is -2.22. The monoisotopic (exact) mass is 264 g/mol. The minimum atomic E-state index is -0.935. The van der Waals surface area contributed by atoms with Gasteiger partial charge in [-0.1, -0.05) is 54.6 Å². The van der Waals surface area contributed by atoms with Crippen LogP contribution in [0.25, 0.3) is 0 Å². The van der Waals surface area contributed by atoms with E-state index < -0.39 is 5.41 Å². The molecule has 1 aliphatic carbocycles. The van der Waals surface area contributed by atoms with E-state index in [1.807, 2.05) is 42.5 Å². The molecule has 100 valence electrons. The molecule has 0 aliphatic heterocycles. The van der Waals surface area contributed by atoms with Crippen LogP contribution in [-0.2, 0) is 6.42 Å². The Morgan fingerprint density at radius 1 is 1.00 bits per heavy atom. The lowest BCUT2D eigenvalue weighted by Gasteiger charge is -2.32. The van der Waals surface area contributed by atoms with E-state index in [9.17, 15) is 9.59 Å². The van der Waals surface area contributed by atoms with Crippen molar-refractivity contribution in [3.63, 3.8) is 0 Å². The predicted molar refractivity (Wildman–Crippen MR) is 78.0 cm³/mol. The number of benzene rings is 2. The lowest BCUT2D eigenvalue weighted by atomic mass is 9.68. The lowest BCUT2D eigenvalue weighted by Crippen LogP contribution is -2.40. The first kappa shape index (κ1) is 12.8. The van der Waals surface area contributed by atoms with Gasteiger partial charge in [0.1, 0.15) is 0 Å². The normalized spacial score (nSPS) is 21.4. The zero-order valence-electron chi connectivity index (χ0n) is 11.4. The van der Waals surface area contributed by atoms with E-state index in [0.717, 1.165) is 12.0 Å². The van der Waals surface area contributed by atoms with Crippen LogP contribution in [0, 0.1) is 5.41 Å². The number of fused-ring (bicyclic) bond motifs is 1. The molecule has 0 aromatic heterocycles. The van der Waals surface area contributed by atoms with Gasteiger partial charge in [0.05, 0.1) is 5.41 Å². The molecule has 2 aromatic rings. The Balaban J connectivity index is 2.02. The lowest BCUT2D eigenvalue weighted by molar-refractivity contribution is 0.0661. The average molecular weight is 264 g/mol. The van der Waals surface area contributed by atoms with Crippen molar-refractivity contribution in [2.75, 3.05) is 0 Å². The maximum absolute atomic E-state index is 12.7. The average Bonchev–Trinajstić information content (AvgIpc) is 2.51. The molecule has 0 saturated carbocycles. The molecule has 2 aromatic carbocycles. The number of ketones is 2. The zero-order valence-corrected chi connectivity index (χ0v) is 11.4. The summed E-state index contributed by atoms with van der Waals surface area (Å²) >= 11 is 0. The van der Waals surface area contributed by atoms with Gasteiger partial charge in [0.2, 0.25) is 0 Å². The Morgan fingerprint density at radius 2 is 1.65 bits per heavy atom. The second-order valence-corrected chi connectivity index (χ2v) is 5.51. The first-order valence-electron chi connectivity index (χ1n) is 6.85. The van der Waals surface area contributed by atoms with Gasteiger partial charge in [-0.2, -0.15) is 0 Å². The Bertz CT molecular complexity index is 673. The molecule has 0 radical (unpaired) electrons. The van der Waals surface area contributed by atoms with Crippen molar-refractivity contribution in [3.05, 3.63) is 71.3 Å². The third-order valence-electron chi connectivity index (χ3n) is 4.19. The van der Waals surface area contributed by atoms with Crippen molar-refractivity contribution in [3.8, 4) is 0 Å². The summed E-state index contributed by atoms with van der Waals surface area (Å²) in [6.45, 7) is 1.78. The van der Waals surface area contributed by atoms with Gasteiger partial charge in [0, 0.05) is 11.1 Å². The predicted octanol–water partition coefficient (Wildman–Crippen LogP) is 3.70. The summed E-state index contributed by atoms with van der Waals surface area (Å²) in [5.74, 6) is -0.120. The Kier molecular flexibility index (Phi) is 3.01. The molecule has 1 aliphatic rings. The van der Waals surface area contributed by atoms with Crippen LogP contribution in [0.3, 0.4) is 0 Å². The van der Waals surface area contributed by atoms with Gasteiger partial charge in [-0.05, 0) is 25.3 Å². The summed E-state index contributed by atoms with van der Waals surface area (Å²) in [4.78, 5) is 25.5. The zero-order chi connectivity index (χ0) is 14.2. The number of hydrogen-bond acceptors (Lipinski definition) is 2. The van der Waals surface area contributed by atoms with Gasteiger partial charge >= 0.3 is 0 Å². The summed E-state index contributed by atoms with van der Waals surface area (Å²) < 4.78 is 0. The van der Waals surface area contributed by atoms with Crippen molar-refractivity contribution in [1.29, 1.82) is 0 Å². The fourth-order valence-electron chi connectivity index (χ4n) is 2.88. The fraction of sp³-hybridized carbons (Fsp3) is 0.222. The third kappa shape index (κ3) is 1.88. The molecule has 0 bridgehead atoms. The van der Waals surface area contributed by atoms with Crippen LogP contribution in [0.2, 0.25) is 0 Å². The Labute approximate surface area is 118 Å². The molecule has 0 amide bonds. The quantitative estimate of drug-likeness (QED) is 0.612. The van der Waals surface area contributed by atoms with E-state index in [1.54, 1.807) is 19.1 Å². The van der Waals surface area contributed by atoms with E-state index >= 15 is 0 Å². The van der Waals surface area contributed by atoms with E-state index in [1.165, 1.54) is 0 Å².